The van der Waals surface area contributed by atoms with Crippen LogP contribution in [0.3, 0.4) is 0 Å². The molecular formula is C23H22BrNO2. The SMILES string of the molecule is CCc1ccccc1N1C(=O)CC(c2cccc(Br)c2)C2=C1CCCC2=O. The number of ketones is 1. The molecule has 2 aliphatic rings. The van der Waals surface area contributed by atoms with E-state index in [1.807, 2.05) is 47.4 Å². The van der Waals surface area contributed by atoms with Crippen molar-refractivity contribution >= 4 is 33.3 Å². The smallest absolute Gasteiger partial charge is 0.232 e. The summed E-state index contributed by atoms with van der Waals surface area (Å²) in [6.07, 6.45) is 3.34. The zero-order valence-corrected chi connectivity index (χ0v) is 17.0. The van der Waals surface area contributed by atoms with Gasteiger partial charge in [0.15, 0.2) is 5.78 Å². The largest absolute Gasteiger partial charge is 0.294 e. The second-order valence-corrected chi connectivity index (χ2v) is 8.08. The zero-order valence-electron chi connectivity index (χ0n) is 15.4. The molecule has 0 N–H and O–H groups in total. The highest BCUT2D eigenvalue weighted by Gasteiger charge is 2.40. The first-order valence-electron chi connectivity index (χ1n) is 9.52. The van der Waals surface area contributed by atoms with Gasteiger partial charge in [-0.1, -0.05) is 53.2 Å². The Morgan fingerprint density at radius 2 is 1.89 bits per heavy atom. The third-order valence-electron chi connectivity index (χ3n) is 5.54. The van der Waals surface area contributed by atoms with E-state index in [2.05, 4.69) is 28.9 Å². The molecule has 1 aliphatic carbocycles. The van der Waals surface area contributed by atoms with Crippen molar-refractivity contribution in [3.05, 3.63) is 75.4 Å². The molecular weight excluding hydrogens is 402 g/mol. The molecule has 27 heavy (non-hydrogen) atoms. The van der Waals surface area contributed by atoms with Gasteiger partial charge in [-0.2, -0.15) is 0 Å². The first-order chi connectivity index (χ1) is 13.1. The van der Waals surface area contributed by atoms with Gasteiger partial charge in [0.25, 0.3) is 0 Å². The second-order valence-electron chi connectivity index (χ2n) is 7.16. The molecule has 0 aromatic heterocycles. The minimum atomic E-state index is -0.150. The van der Waals surface area contributed by atoms with E-state index in [1.54, 1.807) is 0 Å². The maximum Gasteiger partial charge on any atom is 0.232 e. The molecule has 4 heteroatoms. The molecule has 1 atom stereocenters. The Morgan fingerprint density at radius 1 is 1.07 bits per heavy atom. The molecule has 4 rings (SSSR count). The molecule has 1 amide bonds. The Kier molecular flexibility index (Phi) is 5.00. The number of rotatable bonds is 3. The average Bonchev–Trinajstić information content (AvgIpc) is 2.67. The minimum Gasteiger partial charge on any atom is -0.294 e. The monoisotopic (exact) mass is 423 g/mol. The van der Waals surface area contributed by atoms with E-state index in [1.165, 1.54) is 0 Å². The molecule has 138 valence electrons. The van der Waals surface area contributed by atoms with Crippen LogP contribution in [-0.4, -0.2) is 11.7 Å². The van der Waals surface area contributed by atoms with E-state index >= 15 is 0 Å². The number of carbonyl (C=O) groups excluding carboxylic acids is 2. The lowest BCUT2D eigenvalue weighted by Crippen LogP contribution is -2.41. The molecule has 0 saturated heterocycles. The summed E-state index contributed by atoms with van der Waals surface area (Å²) < 4.78 is 0.969. The summed E-state index contributed by atoms with van der Waals surface area (Å²) in [4.78, 5) is 28.0. The number of para-hydroxylation sites is 1. The molecule has 3 nitrogen and oxygen atoms in total. The number of anilines is 1. The minimum absolute atomic E-state index is 0.0781. The third-order valence-corrected chi connectivity index (χ3v) is 6.03. The quantitative estimate of drug-likeness (QED) is 0.649. The summed E-state index contributed by atoms with van der Waals surface area (Å²) in [5.74, 6) is 0.116. The van der Waals surface area contributed by atoms with Crippen LogP contribution in [0.5, 0.6) is 0 Å². The van der Waals surface area contributed by atoms with Crippen molar-refractivity contribution in [2.45, 2.75) is 44.9 Å². The number of aryl methyl sites for hydroxylation is 1. The fraction of sp³-hybridized carbons (Fsp3) is 0.304. The van der Waals surface area contributed by atoms with Crippen molar-refractivity contribution in [3.8, 4) is 0 Å². The first kappa shape index (κ1) is 18.2. The highest BCUT2D eigenvalue weighted by atomic mass is 79.9. The van der Waals surface area contributed by atoms with Gasteiger partial charge in [-0.15, -0.1) is 0 Å². The van der Waals surface area contributed by atoms with Gasteiger partial charge >= 0.3 is 0 Å². The Labute approximate surface area is 168 Å². The fourth-order valence-electron chi connectivity index (χ4n) is 4.31. The highest BCUT2D eigenvalue weighted by Crippen LogP contribution is 2.44. The number of hydrogen-bond acceptors (Lipinski definition) is 2. The van der Waals surface area contributed by atoms with E-state index in [-0.39, 0.29) is 17.6 Å². The predicted molar refractivity (Wildman–Crippen MR) is 111 cm³/mol. The number of amides is 1. The van der Waals surface area contributed by atoms with Crippen molar-refractivity contribution in [2.75, 3.05) is 4.90 Å². The summed E-state index contributed by atoms with van der Waals surface area (Å²) >= 11 is 3.52. The second kappa shape index (κ2) is 7.43. The van der Waals surface area contributed by atoms with Crippen LogP contribution >= 0.6 is 15.9 Å². The Hall–Kier alpha value is -2.20. The number of nitrogens with zero attached hydrogens (tertiary/aromatic N) is 1. The van der Waals surface area contributed by atoms with Crippen LogP contribution in [0.2, 0.25) is 0 Å². The maximum absolute atomic E-state index is 13.3. The van der Waals surface area contributed by atoms with Crippen molar-refractivity contribution in [1.82, 2.24) is 0 Å². The van der Waals surface area contributed by atoms with Gasteiger partial charge in [-0.3, -0.25) is 14.5 Å². The van der Waals surface area contributed by atoms with Gasteiger partial charge in [-0.05, 0) is 48.6 Å². The number of carbonyl (C=O) groups is 2. The molecule has 1 aliphatic heterocycles. The molecule has 0 radical (unpaired) electrons. The van der Waals surface area contributed by atoms with Crippen molar-refractivity contribution in [3.63, 3.8) is 0 Å². The summed E-state index contributed by atoms with van der Waals surface area (Å²) in [7, 11) is 0. The van der Waals surface area contributed by atoms with Gasteiger partial charge in [0, 0.05) is 34.5 Å². The molecule has 0 bridgehead atoms. The number of benzene rings is 2. The molecule has 2 aromatic rings. The lowest BCUT2D eigenvalue weighted by molar-refractivity contribution is -0.119. The Balaban J connectivity index is 1.89. The summed E-state index contributed by atoms with van der Waals surface area (Å²) in [6.45, 7) is 2.10. The summed E-state index contributed by atoms with van der Waals surface area (Å²) in [6, 6.07) is 16.0. The predicted octanol–water partition coefficient (Wildman–Crippen LogP) is 5.54. The molecule has 1 unspecified atom stereocenters. The highest BCUT2D eigenvalue weighted by molar-refractivity contribution is 9.10. The number of hydrogen-bond donors (Lipinski definition) is 0. The number of halogens is 1. The zero-order chi connectivity index (χ0) is 19.0. The topological polar surface area (TPSA) is 37.4 Å². The maximum atomic E-state index is 13.3. The van der Waals surface area contributed by atoms with E-state index in [0.29, 0.717) is 12.8 Å². The van der Waals surface area contributed by atoms with Gasteiger partial charge in [-0.25, -0.2) is 0 Å². The van der Waals surface area contributed by atoms with Gasteiger partial charge < -0.3 is 0 Å². The molecule has 1 heterocycles. The van der Waals surface area contributed by atoms with Crippen molar-refractivity contribution in [1.29, 1.82) is 0 Å². The number of allylic oxidation sites excluding steroid dienone is 2. The molecule has 0 saturated carbocycles. The standard InChI is InChI=1S/C23H22BrNO2/c1-2-15-7-3-4-10-19(15)25-20-11-6-12-21(26)23(20)18(14-22(25)27)16-8-5-9-17(24)13-16/h3-5,7-10,13,18H,2,6,11-12,14H2,1H3. The molecule has 0 spiro atoms. The van der Waals surface area contributed by atoms with Crippen LogP contribution in [-0.2, 0) is 16.0 Å². The van der Waals surface area contributed by atoms with Crippen LogP contribution in [0.4, 0.5) is 5.69 Å². The summed E-state index contributed by atoms with van der Waals surface area (Å²) in [5.41, 5.74) is 4.85. The lowest BCUT2D eigenvalue weighted by atomic mass is 9.77. The fourth-order valence-corrected chi connectivity index (χ4v) is 4.73. The van der Waals surface area contributed by atoms with Crippen LogP contribution in [0.25, 0.3) is 0 Å². The van der Waals surface area contributed by atoms with Gasteiger partial charge in [0.1, 0.15) is 0 Å². The van der Waals surface area contributed by atoms with Gasteiger partial charge in [0.05, 0.1) is 5.69 Å². The summed E-state index contributed by atoms with van der Waals surface area (Å²) in [5, 5.41) is 0. The molecule has 2 aromatic carbocycles. The van der Waals surface area contributed by atoms with Crippen LogP contribution in [0.15, 0.2) is 64.3 Å². The Bertz CT molecular complexity index is 947. The van der Waals surface area contributed by atoms with E-state index < -0.39 is 0 Å². The first-order valence-corrected chi connectivity index (χ1v) is 10.3. The Morgan fingerprint density at radius 3 is 2.67 bits per heavy atom. The van der Waals surface area contributed by atoms with E-state index in [9.17, 15) is 9.59 Å². The molecule has 0 fully saturated rings. The van der Waals surface area contributed by atoms with Crippen LogP contribution in [0, 0.1) is 0 Å². The van der Waals surface area contributed by atoms with Crippen LogP contribution in [0.1, 0.15) is 49.7 Å². The third kappa shape index (κ3) is 3.27. The average molecular weight is 424 g/mol. The lowest BCUT2D eigenvalue weighted by Gasteiger charge is -2.39. The number of Topliss-reactive ketones (excluding diaryl/α,β-unsaturated/α-hetero) is 1. The van der Waals surface area contributed by atoms with Crippen molar-refractivity contribution < 1.29 is 9.59 Å². The normalized spacial score (nSPS) is 20.1. The van der Waals surface area contributed by atoms with Gasteiger partial charge in [0.2, 0.25) is 5.91 Å². The van der Waals surface area contributed by atoms with Crippen molar-refractivity contribution in [2.24, 2.45) is 0 Å². The van der Waals surface area contributed by atoms with E-state index in [0.717, 1.165) is 51.8 Å². The van der Waals surface area contributed by atoms with E-state index in [4.69, 9.17) is 0 Å². The van der Waals surface area contributed by atoms with Crippen LogP contribution < -0.4 is 4.90 Å².